The minimum Gasteiger partial charge on any atom is -0.345 e. The molecule has 1 N–H and O–H groups in total. The normalized spacial score (nSPS) is 11.5. The summed E-state index contributed by atoms with van der Waals surface area (Å²) in [5.74, 6) is 0.837. The Bertz CT molecular complexity index is 1290. The van der Waals surface area contributed by atoms with Crippen LogP contribution in [0.5, 0.6) is 0 Å². The Hall–Kier alpha value is -3.45. The zero-order valence-corrected chi connectivity index (χ0v) is 21.2. The van der Waals surface area contributed by atoms with Crippen LogP contribution >= 0.6 is 11.8 Å². The number of nitrogens with one attached hydrogen (secondary N) is 1. The minimum absolute atomic E-state index is 0.0292. The molecular formula is C28H29FN4OS. The van der Waals surface area contributed by atoms with Gasteiger partial charge in [0.15, 0.2) is 11.0 Å². The minimum atomic E-state index is -0.257. The number of benzene rings is 3. The van der Waals surface area contributed by atoms with Gasteiger partial charge in [-0.3, -0.25) is 9.36 Å². The van der Waals surface area contributed by atoms with Crippen LogP contribution in [0.2, 0.25) is 0 Å². The first-order valence-electron chi connectivity index (χ1n) is 11.5. The van der Waals surface area contributed by atoms with Gasteiger partial charge in [0.25, 0.3) is 5.91 Å². The third-order valence-electron chi connectivity index (χ3n) is 5.69. The van der Waals surface area contributed by atoms with Crippen LogP contribution in [0.25, 0.3) is 5.69 Å². The second-order valence-corrected chi connectivity index (χ2v) is 10.4. The zero-order valence-electron chi connectivity index (χ0n) is 20.4. The lowest BCUT2D eigenvalue weighted by Gasteiger charge is -2.19. The lowest BCUT2D eigenvalue weighted by atomic mass is 9.87. The van der Waals surface area contributed by atoms with Gasteiger partial charge in [-0.15, -0.1) is 10.2 Å². The number of hydrogen-bond acceptors (Lipinski definition) is 4. The maximum atomic E-state index is 13.2. The smallest absolute Gasteiger partial charge is 0.251 e. The van der Waals surface area contributed by atoms with Crippen LogP contribution < -0.4 is 5.32 Å². The van der Waals surface area contributed by atoms with Gasteiger partial charge in [0, 0.05) is 17.0 Å². The molecule has 0 aliphatic carbocycles. The van der Waals surface area contributed by atoms with Crippen LogP contribution in [-0.4, -0.2) is 20.7 Å². The van der Waals surface area contributed by atoms with Crippen LogP contribution in [0.4, 0.5) is 4.39 Å². The van der Waals surface area contributed by atoms with Crippen molar-refractivity contribution in [2.45, 2.75) is 50.6 Å². The van der Waals surface area contributed by atoms with Crippen molar-refractivity contribution >= 4 is 17.7 Å². The second kappa shape index (κ2) is 10.4. The van der Waals surface area contributed by atoms with Crippen molar-refractivity contribution in [2.24, 2.45) is 0 Å². The largest absolute Gasteiger partial charge is 0.345 e. The van der Waals surface area contributed by atoms with E-state index in [4.69, 9.17) is 0 Å². The molecule has 4 rings (SSSR count). The summed E-state index contributed by atoms with van der Waals surface area (Å²) in [5, 5.41) is 12.4. The summed E-state index contributed by atoms with van der Waals surface area (Å²) in [6.07, 6.45) is 0. The molecule has 0 bridgehead atoms. The van der Waals surface area contributed by atoms with Crippen LogP contribution in [0, 0.1) is 12.7 Å². The molecule has 0 fully saturated rings. The van der Waals surface area contributed by atoms with E-state index in [1.165, 1.54) is 29.5 Å². The highest BCUT2D eigenvalue weighted by Crippen LogP contribution is 2.26. The number of hydrogen-bond donors (Lipinski definition) is 1. The maximum absolute atomic E-state index is 13.2. The second-order valence-electron chi connectivity index (χ2n) is 9.49. The first-order valence-corrected chi connectivity index (χ1v) is 12.5. The SMILES string of the molecule is Cc1ccc(-n2c(CNC(=O)c3ccc(C(C)(C)C)cc3)nnc2SCc2ccc(F)cc2)cc1. The zero-order chi connectivity index (χ0) is 25.0. The van der Waals surface area contributed by atoms with Gasteiger partial charge in [0.05, 0.1) is 6.54 Å². The number of aryl methyl sites for hydroxylation is 1. The predicted molar refractivity (Wildman–Crippen MR) is 138 cm³/mol. The van der Waals surface area contributed by atoms with E-state index in [9.17, 15) is 9.18 Å². The average Bonchev–Trinajstić information content (AvgIpc) is 3.25. The molecule has 0 saturated carbocycles. The molecule has 0 saturated heterocycles. The molecular weight excluding hydrogens is 459 g/mol. The monoisotopic (exact) mass is 488 g/mol. The molecule has 0 spiro atoms. The molecule has 0 aliphatic rings. The predicted octanol–water partition coefficient (Wildman–Crippen LogP) is 6.23. The number of aromatic nitrogens is 3. The van der Waals surface area contributed by atoms with E-state index in [1.54, 1.807) is 12.1 Å². The standard InChI is InChI=1S/C28H29FN4OS/c1-19-5-15-24(16-6-19)33-25(31-32-27(33)35-18-20-7-13-23(29)14-8-20)17-30-26(34)21-9-11-22(12-10-21)28(2,3)4/h5-16H,17-18H2,1-4H3,(H,30,34). The molecule has 0 aliphatic heterocycles. The van der Waals surface area contributed by atoms with Crippen molar-refractivity contribution in [3.05, 3.63) is 107 Å². The summed E-state index contributed by atoms with van der Waals surface area (Å²) in [6, 6.07) is 22.2. The Labute approximate surface area is 209 Å². The van der Waals surface area contributed by atoms with Crippen molar-refractivity contribution in [1.29, 1.82) is 0 Å². The molecule has 1 amide bonds. The van der Waals surface area contributed by atoms with Crippen LogP contribution in [0.3, 0.4) is 0 Å². The summed E-state index contributed by atoms with van der Waals surface area (Å²) < 4.78 is 15.2. The first-order chi connectivity index (χ1) is 16.7. The molecule has 1 heterocycles. The molecule has 7 heteroatoms. The highest BCUT2D eigenvalue weighted by Gasteiger charge is 2.17. The molecule has 1 aromatic heterocycles. The molecule has 4 aromatic rings. The molecule has 0 unspecified atom stereocenters. The molecule has 0 radical (unpaired) electrons. The Balaban J connectivity index is 1.53. The van der Waals surface area contributed by atoms with Gasteiger partial charge in [-0.25, -0.2) is 4.39 Å². The Kier molecular flexibility index (Phi) is 7.36. The van der Waals surface area contributed by atoms with Gasteiger partial charge in [-0.1, -0.05) is 74.5 Å². The number of halogens is 1. The lowest BCUT2D eigenvalue weighted by molar-refractivity contribution is 0.0949. The van der Waals surface area contributed by atoms with Crippen LogP contribution in [-0.2, 0) is 17.7 Å². The van der Waals surface area contributed by atoms with Crippen molar-refractivity contribution in [3.63, 3.8) is 0 Å². The number of nitrogens with zero attached hydrogens (tertiary/aromatic N) is 3. The summed E-state index contributed by atoms with van der Waals surface area (Å²) in [7, 11) is 0. The third kappa shape index (κ3) is 6.17. The molecule has 0 atom stereocenters. The van der Waals surface area contributed by atoms with E-state index in [0.717, 1.165) is 16.8 Å². The number of amides is 1. The van der Waals surface area contributed by atoms with E-state index in [-0.39, 0.29) is 23.7 Å². The fourth-order valence-electron chi connectivity index (χ4n) is 3.57. The summed E-state index contributed by atoms with van der Waals surface area (Å²) in [4.78, 5) is 12.8. The molecule has 5 nitrogen and oxygen atoms in total. The van der Waals surface area contributed by atoms with Crippen LogP contribution in [0.1, 0.15) is 53.6 Å². The van der Waals surface area contributed by atoms with Crippen molar-refractivity contribution in [2.75, 3.05) is 0 Å². The van der Waals surface area contributed by atoms with Gasteiger partial charge in [-0.2, -0.15) is 0 Å². The van der Waals surface area contributed by atoms with Crippen molar-refractivity contribution in [1.82, 2.24) is 20.1 Å². The Morgan fingerprint density at radius 2 is 1.60 bits per heavy atom. The number of carbonyl (C=O) groups excluding carboxylic acids is 1. The fourth-order valence-corrected chi connectivity index (χ4v) is 4.50. The highest BCUT2D eigenvalue weighted by atomic mass is 32.2. The fraction of sp³-hybridized carbons (Fsp3) is 0.250. The van der Waals surface area contributed by atoms with E-state index in [0.29, 0.717) is 22.3 Å². The van der Waals surface area contributed by atoms with E-state index in [1.807, 2.05) is 60.0 Å². The maximum Gasteiger partial charge on any atom is 0.251 e. The van der Waals surface area contributed by atoms with Gasteiger partial charge in [-0.05, 0) is 59.9 Å². The quantitative estimate of drug-likeness (QED) is 0.313. The van der Waals surface area contributed by atoms with Crippen molar-refractivity contribution in [3.8, 4) is 5.69 Å². The highest BCUT2D eigenvalue weighted by molar-refractivity contribution is 7.98. The van der Waals surface area contributed by atoms with Gasteiger partial charge >= 0.3 is 0 Å². The lowest BCUT2D eigenvalue weighted by Crippen LogP contribution is -2.25. The molecule has 3 aromatic carbocycles. The molecule has 180 valence electrons. The number of carbonyl (C=O) groups is 1. The van der Waals surface area contributed by atoms with Gasteiger partial charge in [0.2, 0.25) is 0 Å². The summed E-state index contributed by atoms with van der Waals surface area (Å²) >= 11 is 1.51. The van der Waals surface area contributed by atoms with E-state index >= 15 is 0 Å². The summed E-state index contributed by atoms with van der Waals surface area (Å²) in [5.41, 5.74) is 4.86. The first kappa shape index (κ1) is 24.7. The number of thioether (sulfide) groups is 1. The average molecular weight is 489 g/mol. The topological polar surface area (TPSA) is 59.8 Å². The third-order valence-corrected chi connectivity index (χ3v) is 6.69. The Morgan fingerprint density at radius 1 is 0.943 bits per heavy atom. The van der Waals surface area contributed by atoms with E-state index < -0.39 is 0 Å². The molecule has 35 heavy (non-hydrogen) atoms. The Morgan fingerprint density at radius 3 is 2.23 bits per heavy atom. The number of rotatable bonds is 7. The van der Waals surface area contributed by atoms with Gasteiger partial charge < -0.3 is 5.32 Å². The van der Waals surface area contributed by atoms with E-state index in [2.05, 4.69) is 36.3 Å². The summed E-state index contributed by atoms with van der Waals surface area (Å²) in [6.45, 7) is 8.70. The van der Waals surface area contributed by atoms with Crippen molar-refractivity contribution < 1.29 is 9.18 Å². The van der Waals surface area contributed by atoms with Gasteiger partial charge in [0.1, 0.15) is 5.82 Å². The van der Waals surface area contributed by atoms with Crippen LogP contribution in [0.15, 0.2) is 78.0 Å².